The molecule has 5 heteroatoms. The summed E-state index contributed by atoms with van der Waals surface area (Å²) < 4.78 is 1.69. The molecule has 100 valence electrons. The monoisotopic (exact) mass is 265 g/mol. The number of rotatable bonds is 2. The standard InChI is InChI=1S/C15H15N5/c16-11-3-1-10(2-4-11)14-9-15(18)20(19-14)13-7-5-12(17)6-8-13/h1-9H,16-18H2. The second-order valence-electron chi connectivity index (χ2n) is 4.58. The van der Waals surface area contributed by atoms with E-state index in [1.54, 1.807) is 4.68 Å². The molecule has 1 aromatic heterocycles. The number of aromatic nitrogens is 2. The van der Waals surface area contributed by atoms with Crippen LogP contribution < -0.4 is 17.2 Å². The molecule has 0 radical (unpaired) electrons. The Hall–Kier alpha value is -2.95. The van der Waals surface area contributed by atoms with Gasteiger partial charge in [0.25, 0.3) is 0 Å². The summed E-state index contributed by atoms with van der Waals surface area (Å²) >= 11 is 0. The van der Waals surface area contributed by atoms with Crippen molar-refractivity contribution in [2.45, 2.75) is 0 Å². The molecule has 3 aromatic rings. The van der Waals surface area contributed by atoms with Crippen LogP contribution in [0.4, 0.5) is 17.2 Å². The van der Waals surface area contributed by atoms with Crippen LogP contribution in [-0.4, -0.2) is 9.78 Å². The summed E-state index contributed by atoms with van der Waals surface area (Å²) in [6.07, 6.45) is 0. The minimum atomic E-state index is 0.571. The minimum absolute atomic E-state index is 0.571. The Labute approximate surface area is 116 Å². The van der Waals surface area contributed by atoms with Crippen LogP contribution >= 0.6 is 0 Å². The molecule has 0 fully saturated rings. The van der Waals surface area contributed by atoms with E-state index in [1.807, 2.05) is 54.6 Å². The number of benzene rings is 2. The van der Waals surface area contributed by atoms with Crippen LogP contribution in [0.2, 0.25) is 0 Å². The van der Waals surface area contributed by atoms with Crippen LogP contribution in [0, 0.1) is 0 Å². The van der Waals surface area contributed by atoms with Crippen molar-refractivity contribution in [3.63, 3.8) is 0 Å². The lowest BCUT2D eigenvalue weighted by Crippen LogP contribution is -2.01. The van der Waals surface area contributed by atoms with Gasteiger partial charge in [0, 0.05) is 23.0 Å². The van der Waals surface area contributed by atoms with Crippen molar-refractivity contribution in [2.75, 3.05) is 17.2 Å². The van der Waals surface area contributed by atoms with E-state index >= 15 is 0 Å². The number of hydrogen-bond donors (Lipinski definition) is 3. The molecule has 0 unspecified atom stereocenters. The van der Waals surface area contributed by atoms with Gasteiger partial charge in [-0.25, -0.2) is 4.68 Å². The number of nitrogens with two attached hydrogens (primary N) is 3. The van der Waals surface area contributed by atoms with Gasteiger partial charge in [-0.15, -0.1) is 0 Å². The molecule has 0 amide bonds. The summed E-state index contributed by atoms with van der Waals surface area (Å²) in [4.78, 5) is 0. The third-order valence-corrected chi connectivity index (χ3v) is 3.08. The quantitative estimate of drug-likeness (QED) is 0.619. The maximum absolute atomic E-state index is 6.02. The first-order valence-electron chi connectivity index (χ1n) is 6.21. The summed E-state index contributed by atoms with van der Waals surface area (Å²) in [5.41, 5.74) is 21.5. The molecule has 5 nitrogen and oxygen atoms in total. The Kier molecular flexibility index (Phi) is 2.80. The van der Waals surface area contributed by atoms with Crippen LogP contribution in [0.5, 0.6) is 0 Å². The Morgan fingerprint density at radius 1 is 0.750 bits per heavy atom. The maximum Gasteiger partial charge on any atom is 0.127 e. The topological polar surface area (TPSA) is 95.9 Å². The van der Waals surface area contributed by atoms with E-state index in [9.17, 15) is 0 Å². The molecular formula is C15H15N5. The van der Waals surface area contributed by atoms with Gasteiger partial charge in [0.05, 0.1) is 11.4 Å². The van der Waals surface area contributed by atoms with Gasteiger partial charge >= 0.3 is 0 Å². The number of hydrogen-bond acceptors (Lipinski definition) is 4. The molecule has 0 aliphatic rings. The number of nitrogen functional groups attached to an aromatic ring is 3. The van der Waals surface area contributed by atoms with Crippen molar-refractivity contribution in [3.05, 3.63) is 54.6 Å². The van der Waals surface area contributed by atoms with Crippen molar-refractivity contribution in [1.82, 2.24) is 9.78 Å². The lowest BCUT2D eigenvalue weighted by atomic mass is 10.1. The SMILES string of the molecule is Nc1ccc(-c2cc(N)n(-c3ccc(N)cc3)n2)cc1. The minimum Gasteiger partial charge on any atom is -0.399 e. The Morgan fingerprint density at radius 2 is 1.30 bits per heavy atom. The summed E-state index contributed by atoms with van der Waals surface area (Å²) in [6, 6.07) is 16.8. The zero-order chi connectivity index (χ0) is 14.1. The molecule has 3 rings (SSSR count). The van der Waals surface area contributed by atoms with E-state index in [4.69, 9.17) is 17.2 Å². The molecule has 0 bridgehead atoms. The van der Waals surface area contributed by atoms with E-state index in [0.717, 1.165) is 22.6 Å². The highest BCUT2D eigenvalue weighted by molar-refractivity contribution is 5.65. The van der Waals surface area contributed by atoms with Crippen LogP contribution in [0.3, 0.4) is 0 Å². The Morgan fingerprint density at radius 3 is 1.90 bits per heavy atom. The second-order valence-corrected chi connectivity index (χ2v) is 4.58. The fraction of sp³-hybridized carbons (Fsp3) is 0. The first-order chi connectivity index (χ1) is 9.63. The van der Waals surface area contributed by atoms with Gasteiger partial charge in [-0.05, 0) is 36.4 Å². The molecule has 0 atom stereocenters. The third kappa shape index (κ3) is 2.16. The molecule has 0 aliphatic carbocycles. The highest BCUT2D eigenvalue weighted by Crippen LogP contribution is 2.24. The van der Waals surface area contributed by atoms with Gasteiger partial charge in [0.1, 0.15) is 5.82 Å². The molecule has 6 N–H and O–H groups in total. The van der Waals surface area contributed by atoms with Gasteiger partial charge in [0.2, 0.25) is 0 Å². The van der Waals surface area contributed by atoms with E-state index in [2.05, 4.69) is 5.10 Å². The van der Waals surface area contributed by atoms with Crippen LogP contribution in [0.15, 0.2) is 54.6 Å². The summed E-state index contributed by atoms with van der Waals surface area (Å²) in [6.45, 7) is 0. The van der Waals surface area contributed by atoms with Gasteiger partial charge in [-0.1, -0.05) is 12.1 Å². The van der Waals surface area contributed by atoms with Crippen molar-refractivity contribution in [1.29, 1.82) is 0 Å². The second kappa shape index (κ2) is 4.62. The average Bonchev–Trinajstić information content (AvgIpc) is 2.82. The largest absolute Gasteiger partial charge is 0.399 e. The van der Waals surface area contributed by atoms with E-state index in [0.29, 0.717) is 11.5 Å². The van der Waals surface area contributed by atoms with Crippen molar-refractivity contribution < 1.29 is 0 Å². The maximum atomic E-state index is 6.02. The van der Waals surface area contributed by atoms with E-state index in [1.165, 1.54) is 0 Å². The summed E-state index contributed by atoms with van der Waals surface area (Å²) in [5.74, 6) is 0.571. The summed E-state index contributed by atoms with van der Waals surface area (Å²) in [5, 5.41) is 4.52. The summed E-state index contributed by atoms with van der Waals surface area (Å²) in [7, 11) is 0. The molecule has 20 heavy (non-hydrogen) atoms. The van der Waals surface area contributed by atoms with E-state index in [-0.39, 0.29) is 0 Å². The number of nitrogens with zero attached hydrogens (tertiary/aromatic N) is 2. The Balaban J connectivity index is 2.02. The highest BCUT2D eigenvalue weighted by atomic mass is 15.3. The lowest BCUT2D eigenvalue weighted by Gasteiger charge is -2.04. The van der Waals surface area contributed by atoms with Gasteiger partial charge in [0.15, 0.2) is 0 Å². The van der Waals surface area contributed by atoms with Crippen LogP contribution in [0.25, 0.3) is 16.9 Å². The molecule has 0 spiro atoms. The van der Waals surface area contributed by atoms with Gasteiger partial charge in [-0.3, -0.25) is 0 Å². The molecule has 2 aromatic carbocycles. The Bertz CT molecular complexity index is 726. The molecule has 0 saturated heterocycles. The van der Waals surface area contributed by atoms with Crippen molar-refractivity contribution in [2.24, 2.45) is 0 Å². The molecule has 0 saturated carbocycles. The smallest absolute Gasteiger partial charge is 0.127 e. The lowest BCUT2D eigenvalue weighted by molar-refractivity contribution is 0.895. The molecule has 1 heterocycles. The number of anilines is 3. The zero-order valence-electron chi connectivity index (χ0n) is 10.8. The normalized spacial score (nSPS) is 10.6. The molecular weight excluding hydrogens is 250 g/mol. The van der Waals surface area contributed by atoms with Crippen molar-refractivity contribution in [3.8, 4) is 16.9 Å². The fourth-order valence-corrected chi connectivity index (χ4v) is 2.01. The predicted octanol–water partition coefficient (Wildman–Crippen LogP) is 2.29. The predicted molar refractivity (Wildman–Crippen MR) is 82.2 cm³/mol. The third-order valence-electron chi connectivity index (χ3n) is 3.08. The van der Waals surface area contributed by atoms with Gasteiger partial charge < -0.3 is 17.2 Å². The van der Waals surface area contributed by atoms with Gasteiger partial charge in [-0.2, -0.15) is 5.10 Å². The molecule has 0 aliphatic heterocycles. The first kappa shape index (κ1) is 12.1. The first-order valence-corrected chi connectivity index (χ1v) is 6.21. The average molecular weight is 265 g/mol. The van der Waals surface area contributed by atoms with Crippen LogP contribution in [0.1, 0.15) is 0 Å². The fourth-order valence-electron chi connectivity index (χ4n) is 2.01. The van der Waals surface area contributed by atoms with Crippen LogP contribution in [-0.2, 0) is 0 Å². The van der Waals surface area contributed by atoms with E-state index < -0.39 is 0 Å². The zero-order valence-corrected chi connectivity index (χ0v) is 10.8. The van der Waals surface area contributed by atoms with Crippen molar-refractivity contribution >= 4 is 17.2 Å². The highest BCUT2D eigenvalue weighted by Gasteiger charge is 2.08.